The van der Waals surface area contributed by atoms with E-state index in [1.54, 1.807) is 0 Å². The van der Waals surface area contributed by atoms with E-state index >= 15 is 0 Å². The molecular formula is C10H24N2S2+2. The van der Waals surface area contributed by atoms with E-state index in [-0.39, 0.29) is 0 Å². The number of rotatable bonds is 5. The maximum atomic E-state index is 2.33. The number of hydrogen-bond donors (Lipinski definition) is 1. The number of quaternary nitrogens is 1. The van der Waals surface area contributed by atoms with E-state index < -0.39 is 0 Å². The van der Waals surface area contributed by atoms with Crippen molar-refractivity contribution in [1.29, 1.82) is 0 Å². The predicted molar refractivity (Wildman–Crippen MR) is 69.1 cm³/mol. The van der Waals surface area contributed by atoms with Gasteiger partial charge in [-0.05, 0) is 49.6 Å². The van der Waals surface area contributed by atoms with Crippen LogP contribution in [-0.4, -0.2) is 55.2 Å². The van der Waals surface area contributed by atoms with Crippen molar-refractivity contribution in [3.8, 4) is 0 Å². The SMILES string of the molecule is CN(C)C(SC[S+]1CCCC1)[NH+](C)C. The van der Waals surface area contributed by atoms with Gasteiger partial charge in [0.1, 0.15) is 11.5 Å². The van der Waals surface area contributed by atoms with Crippen molar-refractivity contribution in [3.63, 3.8) is 0 Å². The van der Waals surface area contributed by atoms with Gasteiger partial charge in [-0.3, -0.25) is 4.90 Å². The van der Waals surface area contributed by atoms with Crippen LogP contribution in [0.4, 0.5) is 0 Å². The molecule has 0 amide bonds. The van der Waals surface area contributed by atoms with E-state index in [1.807, 2.05) is 0 Å². The van der Waals surface area contributed by atoms with E-state index in [2.05, 4.69) is 44.9 Å². The van der Waals surface area contributed by atoms with Crippen LogP contribution in [0.3, 0.4) is 0 Å². The van der Waals surface area contributed by atoms with Crippen LogP contribution in [0.1, 0.15) is 12.8 Å². The standard InChI is InChI=1S/C10H23N2S2/c1-11(2)10(12(3)4)13-9-14-7-5-6-8-14/h10H,5-9H2,1-4H3/q+1/p+1. The van der Waals surface area contributed by atoms with E-state index in [4.69, 9.17) is 0 Å². The van der Waals surface area contributed by atoms with Crippen molar-refractivity contribution in [3.05, 3.63) is 0 Å². The van der Waals surface area contributed by atoms with Crippen molar-refractivity contribution < 1.29 is 4.90 Å². The summed E-state index contributed by atoms with van der Waals surface area (Å²) in [5.74, 6) is 2.99. The molecular weight excluding hydrogens is 212 g/mol. The third-order valence-corrected chi connectivity index (χ3v) is 7.29. The minimum absolute atomic E-state index is 0.628. The van der Waals surface area contributed by atoms with Gasteiger partial charge in [-0.1, -0.05) is 0 Å². The van der Waals surface area contributed by atoms with Gasteiger partial charge in [-0.25, -0.2) is 0 Å². The predicted octanol–water partition coefficient (Wildman–Crippen LogP) is 0.0789. The Morgan fingerprint density at radius 1 is 1.29 bits per heavy atom. The van der Waals surface area contributed by atoms with Crippen LogP contribution in [0, 0.1) is 0 Å². The molecule has 84 valence electrons. The van der Waals surface area contributed by atoms with Crippen molar-refractivity contribution in [2.75, 3.05) is 44.8 Å². The Bertz CT molecular complexity index is 148. The number of thioether (sulfide) groups is 1. The van der Waals surface area contributed by atoms with Crippen LogP contribution in [0.15, 0.2) is 0 Å². The first kappa shape index (κ1) is 12.7. The highest BCUT2D eigenvalue weighted by atomic mass is 32.2. The Morgan fingerprint density at radius 3 is 2.29 bits per heavy atom. The summed E-state index contributed by atoms with van der Waals surface area (Å²) in [5.41, 5.74) is 0.628. The van der Waals surface area contributed by atoms with Crippen LogP contribution in [-0.2, 0) is 10.9 Å². The summed E-state index contributed by atoms with van der Waals surface area (Å²) < 4.78 is 0. The summed E-state index contributed by atoms with van der Waals surface area (Å²) >= 11 is 2.14. The molecule has 1 saturated heterocycles. The minimum Gasteiger partial charge on any atom is -0.316 e. The molecule has 0 saturated carbocycles. The smallest absolute Gasteiger partial charge is 0.195 e. The fraction of sp³-hybridized carbons (Fsp3) is 1.00. The fourth-order valence-electron chi connectivity index (χ4n) is 1.83. The molecule has 0 aliphatic carbocycles. The van der Waals surface area contributed by atoms with E-state index in [9.17, 15) is 0 Å². The molecule has 0 bridgehead atoms. The Morgan fingerprint density at radius 2 is 1.86 bits per heavy atom. The zero-order valence-corrected chi connectivity index (χ0v) is 11.5. The van der Waals surface area contributed by atoms with Gasteiger partial charge in [-0.15, -0.1) is 0 Å². The first-order chi connectivity index (χ1) is 6.61. The summed E-state index contributed by atoms with van der Waals surface area (Å²) in [6.07, 6.45) is 2.95. The van der Waals surface area contributed by atoms with Crippen LogP contribution < -0.4 is 4.90 Å². The molecule has 0 aromatic rings. The van der Waals surface area contributed by atoms with Crippen LogP contribution in [0.5, 0.6) is 0 Å². The highest BCUT2D eigenvalue weighted by molar-refractivity contribution is 8.14. The second-order valence-corrected chi connectivity index (χ2v) is 8.17. The molecule has 1 rings (SSSR count). The summed E-state index contributed by atoms with van der Waals surface area (Å²) in [6, 6.07) is 0. The molecule has 1 unspecified atom stereocenters. The Hall–Kier alpha value is 0.620. The lowest BCUT2D eigenvalue weighted by Crippen LogP contribution is -3.11. The molecule has 2 nitrogen and oxygen atoms in total. The lowest BCUT2D eigenvalue weighted by molar-refractivity contribution is -0.880. The van der Waals surface area contributed by atoms with Gasteiger partial charge in [0.2, 0.25) is 0 Å². The van der Waals surface area contributed by atoms with Gasteiger partial charge in [0, 0.05) is 0 Å². The van der Waals surface area contributed by atoms with Crippen molar-refractivity contribution in [2.24, 2.45) is 0 Å². The third kappa shape index (κ3) is 4.01. The Kier molecular flexibility index (Phi) is 5.67. The molecule has 1 aliphatic rings. The van der Waals surface area contributed by atoms with E-state index in [0.29, 0.717) is 5.50 Å². The highest BCUT2D eigenvalue weighted by Crippen LogP contribution is 2.20. The lowest BCUT2D eigenvalue weighted by Gasteiger charge is -2.25. The van der Waals surface area contributed by atoms with Gasteiger partial charge in [0.25, 0.3) is 0 Å². The molecule has 1 fully saturated rings. The second kappa shape index (κ2) is 6.26. The van der Waals surface area contributed by atoms with Gasteiger partial charge in [0.15, 0.2) is 10.6 Å². The van der Waals surface area contributed by atoms with Gasteiger partial charge < -0.3 is 4.90 Å². The molecule has 1 heterocycles. The number of nitrogens with zero attached hydrogens (tertiary/aromatic N) is 1. The fourth-order valence-corrected chi connectivity index (χ4v) is 6.11. The average Bonchev–Trinajstić information content (AvgIpc) is 2.55. The molecule has 1 atom stereocenters. The summed E-state index contributed by atoms with van der Waals surface area (Å²) in [7, 11) is 9.60. The van der Waals surface area contributed by atoms with E-state index in [0.717, 1.165) is 10.9 Å². The number of nitrogens with one attached hydrogen (secondary N) is 1. The second-order valence-electron chi connectivity index (χ2n) is 4.41. The Labute approximate surface area is 95.8 Å². The van der Waals surface area contributed by atoms with Gasteiger partial charge in [-0.2, -0.15) is 0 Å². The Balaban J connectivity index is 2.25. The zero-order chi connectivity index (χ0) is 10.6. The molecule has 0 spiro atoms. The quantitative estimate of drug-likeness (QED) is 0.534. The maximum absolute atomic E-state index is 2.33. The van der Waals surface area contributed by atoms with Gasteiger partial charge in [0.05, 0.1) is 14.1 Å². The van der Waals surface area contributed by atoms with Crippen LogP contribution >= 0.6 is 11.8 Å². The van der Waals surface area contributed by atoms with Crippen LogP contribution in [0.2, 0.25) is 0 Å². The molecule has 4 heteroatoms. The van der Waals surface area contributed by atoms with Crippen molar-refractivity contribution in [2.45, 2.75) is 18.3 Å². The molecule has 1 N–H and O–H groups in total. The largest absolute Gasteiger partial charge is 0.316 e. The summed E-state index contributed by atoms with van der Waals surface area (Å²) in [5, 5.41) is 1.38. The monoisotopic (exact) mass is 236 g/mol. The molecule has 0 radical (unpaired) electrons. The van der Waals surface area contributed by atoms with Gasteiger partial charge >= 0.3 is 0 Å². The molecule has 0 aromatic carbocycles. The van der Waals surface area contributed by atoms with Crippen molar-refractivity contribution in [1.82, 2.24) is 4.90 Å². The molecule has 0 aromatic heterocycles. The van der Waals surface area contributed by atoms with E-state index in [1.165, 1.54) is 34.3 Å². The highest BCUT2D eigenvalue weighted by Gasteiger charge is 2.28. The molecule has 1 aliphatic heterocycles. The lowest BCUT2D eigenvalue weighted by atomic mass is 10.4. The van der Waals surface area contributed by atoms with Crippen molar-refractivity contribution >= 4 is 22.7 Å². The zero-order valence-electron chi connectivity index (χ0n) is 9.88. The topological polar surface area (TPSA) is 7.68 Å². The maximum Gasteiger partial charge on any atom is 0.195 e. The number of hydrogen-bond acceptors (Lipinski definition) is 2. The molecule has 14 heavy (non-hydrogen) atoms. The summed E-state index contributed by atoms with van der Waals surface area (Å²) in [4.78, 5) is 3.86. The summed E-state index contributed by atoms with van der Waals surface area (Å²) in [6.45, 7) is 0. The normalized spacial score (nSPS) is 21.0. The average molecular weight is 236 g/mol. The van der Waals surface area contributed by atoms with Crippen LogP contribution in [0.25, 0.3) is 0 Å². The minimum atomic E-state index is 0.628. The first-order valence-electron chi connectivity index (χ1n) is 5.33. The first-order valence-corrected chi connectivity index (χ1v) is 8.11. The third-order valence-electron chi connectivity index (χ3n) is 2.47.